The van der Waals surface area contributed by atoms with Gasteiger partial charge in [-0.15, -0.1) is 11.3 Å². The molecule has 0 aliphatic heterocycles. The Morgan fingerprint density at radius 2 is 2.06 bits per heavy atom. The summed E-state index contributed by atoms with van der Waals surface area (Å²) >= 11 is 1.39. The van der Waals surface area contributed by atoms with Gasteiger partial charge in [0.15, 0.2) is 0 Å². The minimum Gasteiger partial charge on any atom is -0.365 e. The van der Waals surface area contributed by atoms with Crippen LogP contribution >= 0.6 is 11.3 Å². The van der Waals surface area contributed by atoms with Crippen molar-refractivity contribution in [2.75, 3.05) is 6.61 Å². The summed E-state index contributed by atoms with van der Waals surface area (Å²) in [5.74, 6) is 0. The number of alkyl halides is 3. The molecule has 3 nitrogen and oxygen atoms in total. The zero-order valence-corrected chi connectivity index (χ0v) is 11.4. The monoisotopic (exact) mass is 282 g/mol. The minimum atomic E-state index is -4.28. The van der Waals surface area contributed by atoms with Crippen LogP contribution in [0, 0.1) is 6.92 Å². The lowest BCUT2D eigenvalue weighted by atomic mass is 10.3. The van der Waals surface area contributed by atoms with Crippen LogP contribution in [0.2, 0.25) is 0 Å². The van der Waals surface area contributed by atoms with Crippen LogP contribution in [0.1, 0.15) is 29.4 Å². The van der Waals surface area contributed by atoms with Crippen molar-refractivity contribution in [1.82, 2.24) is 10.3 Å². The van der Waals surface area contributed by atoms with Crippen LogP contribution in [0.15, 0.2) is 0 Å². The molecule has 18 heavy (non-hydrogen) atoms. The van der Waals surface area contributed by atoms with Crippen LogP contribution in [0.3, 0.4) is 0 Å². The quantitative estimate of drug-likeness (QED) is 0.871. The maximum Gasteiger partial charge on any atom is 0.411 e. The van der Waals surface area contributed by atoms with Crippen LogP contribution in [0.5, 0.6) is 0 Å². The molecule has 0 bridgehead atoms. The van der Waals surface area contributed by atoms with Gasteiger partial charge in [-0.05, 0) is 6.92 Å². The summed E-state index contributed by atoms with van der Waals surface area (Å²) in [6.45, 7) is 5.27. The van der Waals surface area contributed by atoms with Crippen LogP contribution in [-0.2, 0) is 17.9 Å². The van der Waals surface area contributed by atoms with E-state index in [1.165, 1.54) is 11.3 Å². The van der Waals surface area contributed by atoms with E-state index in [4.69, 9.17) is 0 Å². The highest BCUT2D eigenvalue weighted by molar-refractivity contribution is 7.11. The van der Waals surface area contributed by atoms with Gasteiger partial charge in [0, 0.05) is 17.5 Å². The Balaban J connectivity index is 2.45. The maximum atomic E-state index is 11.9. The van der Waals surface area contributed by atoms with E-state index in [-0.39, 0.29) is 6.61 Å². The summed E-state index contributed by atoms with van der Waals surface area (Å²) in [5, 5.41) is 3.83. The first-order chi connectivity index (χ1) is 8.28. The number of nitrogens with one attached hydrogen (secondary N) is 1. The summed E-state index contributed by atoms with van der Waals surface area (Å²) < 4.78 is 40.3. The lowest BCUT2D eigenvalue weighted by Gasteiger charge is -2.06. The van der Waals surface area contributed by atoms with Crippen molar-refractivity contribution >= 4 is 11.3 Å². The Labute approximate surface area is 108 Å². The third-order valence-electron chi connectivity index (χ3n) is 2.10. The number of rotatable bonds is 6. The molecule has 0 unspecified atom stereocenters. The topological polar surface area (TPSA) is 34.1 Å². The van der Waals surface area contributed by atoms with Gasteiger partial charge in [0.2, 0.25) is 0 Å². The summed E-state index contributed by atoms with van der Waals surface area (Å²) in [6.07, 6.45) is -4.28. The minimum absolute atomic E-state index is 0.0906. The van der Waals surface area contributed by atoms with Crippen molar-refractivity contribution in [3.8, 4) is 0 Å². The fourth-order valence-electron chi connectivity index (χ4n) is 1.26. The molecular weight excluding hydrogens is 265 g/mol. The molecule has 0 aromatic carbocycles. The van der Waals surface area contributed by atoms with Crippen molar-refractivity contribution < 1.29 is 17.9 Å². The van der Waals surface area contributed by atoms with E-state index in [2.05, 4.69) is 15.0 Å². The molecule has 0 spiro atoms. The van der Waals surface area contributed by atoms with Crippen LogP contribution in [0.25, 0.3) is 0 Å². The molecule has 1 aromatic heterocycles. The standard InChI is InChI=1S/C11H17F3N2OS/c1-7(2)15-4-9-8(3)16-10(18-9)5-17-6-11(12,13)14/h7,15H,4-6H2,1-3H3. The number of aromatic nitrogens is 1. The number of hydrogen-bond acceptors (Lipinski definition) is 4. The number of thiazole rings is 1. The van der Waals surface area contributed by atoms with Gasteiger partial charge >= 0.3 is 6.18 Å². The zero-order chi connectivity index (χ0) is 13.8. The average molecular weight is 282 g/mol. The Morgan fingerprint density at radius 3 is 2.61 bits per heavy atom. The molecule has 0 radical (unpaired) electrons. The smallest absolute Gasteiger partial charge is 0.365 e. The van der Waals surface area contributed by atoms with Gasteiger partial charge in [-0.2, -0.15) is 13.2 Å². The fraction of sp³-hybridized carbons (Fsp3) is 0.727. The van der Waals surface area contributed by atoms with Crippen molar-refractivity contribution in [1.29, 1.82) is 0 Å². The molecule has 0 aliphatic carbocycles. The first-order valence-corrected chi connectivity index (χ1v) is 6.42. The predicted octanol–water partition coefficient (Wildman–Crippen LogP) is 3.03. The molecule has 0 atom stereocenters. The number of ether oxygens (including phenoxy) is 1. The zero-order valence-electron chi connectivity index (χ0n) is 10.6. The second-order valence-corrected chi connectivity index (χ2v) is 5.43. The first-order valence-electron chi connectivity index (χ1n) is 5.61. The van der Waals surface area contributed by atoms with E-state index in [0.717, 1.165) is 10.6 Å². The molecule has 1 N–H and O–H groups in total. The van der Waals surface area contributed by atoms with Gasteiger partial charge in [0.1, 0.15) is 11.6 Å². The third kappa shape index (κ3) is 5.79. The Morgan fingerprint density at radius 1 is 1.39 bits per heavy atom. The lowest BCUT2D eigenvalue weighted by molar-refractivity contribution is -0.176. The summed E-state index contributed by atoms with van der Waals surface area (Å²) in [6, 6.07) is 0.358. The van der Waals surface area contributed by atoms with Crippen LogP contribution in [-0.4, -0.2) is 23.8 Å². The molecule has 104 valence electrons. The number of halogens is 3. The fourth-order valence-corrected chi connectivity index (χ4v) is 2.22. The second kappa shape index (κ2) is 6.49. The van der Waals surface area contributed by atoms with Gasteiger partial charge in [-0.3, -0.25) is 0 Å². The number of nitrogens with zero attached hydrogens (tertiary/aromatic N) is 1. The Hall–Kier alpha value is -0.660. The molecular formula is C11H17F3N2OS. The Kier molecular flexibility index (Phi) is 5.55. The van der Waals surface area contributed by atoms with E-state index in [1.807, 2.05) is 20.8 Å². The van der Waals surface area contributed by atoms with Gasteiger partial charge in [0.05, 0.1) is 12.3 Å². The number of hydrogen-bond donors (Lipinski definition) is 1. The highest BCUT2D eigenvalue weighted by Gasteiger charge is 2.27. The summed E-state index contributed by atoms with van der Waals surface area (Å²) in [4.78, 5) is 5.23. The van der Waals surface area contributed by atoms with E-state index >= 15 is 0 Å². The molecule has 1 aromatic rings. The molecule has 0 fully saturated rings. The molecule has 0 saturated carbocycles. The third-order valence-corrected chi connectivity index (χ3v) is 3.23. The largest absolute Gasteiger partial charge is 0.411 e. The Bertz CT molecular complexity index is 377. The van der Waals surface area contributed by atoms with Gasteiger partial charge in [-0.25, -0.2) is 4.98 Å². The first kappa shape index (κ1) is 15.4. The van der Waals surface area contributed by atoms with Crippen LogP contribution in [0.4, 0.5) is 13.2 Å². The molecule has 7 heteroatoms. The predicted molar refractivity (Wildman–Crippen MR) is 64.5 cm³/mol. The van der Waals surface area contributed by atoms with Crippen LogP contribution < -0.4 is 5.32 Å². The molecule has 1 rings (SSSR count). The highest BCUT2D eigenvalue weighted by Crippen LogP contribution is 2.20. The van der Waals surface area contributed by atoms with Crippen molar-refractivity contribution in [3.05, 3.63) is 15.6 Å². The van der Waals surface area contributed by atoms with E-state index < -0.39 is 12.8 Å². The molecule has 0 aliphatic rings. The van der Waals surface area contributed by atoms with Gasteiger partial charge < -0.3 is 10.1 Å². The maximum absolute atomic E-state index is 11.9. The molecule has 1 heterocycles. The van der Waals surface area contributed by atoms with Gasteiger partial charge in [0.25, 0.3) is 0 Å². The van der Waals surface area contributed by atoms with E-state index in [1.54, 1.807) is 0 Å². The van der Waals surface area contributed by atoms with Crippen molar-refractivity contribution in [2.24, 2.45) is 0 Å². The summed E-state index contributed by atoms with van der Waals surface area (Å²) in [7, 11) is 0. The molecule has 0 saturated heterocycles. The normalized spacial score (nSPS) is 12.4. The van der Waals surface area contributed by atoms with Crippen molar-refractivity contribution in [3.63, 3.8) is 0 Å². The van der Waals surface area contributed by atoms with E-state index in [9.17, 15) is 13.2 Å². The highest BCUT2D eigenvalue weighted by atomic mass is 32.1. The van der Waals surface area contributed by atoms with Gasteiger partial charge in [-0.1, -0.05) is 13.8 Å². The van der Waals surface area contributed by atoms with Crippen molar-refractivity contribution in [2.45, 2.75) is 46.1 Å². The lowest BCUT2D eigenvalue weighted by Crippen LogP contribution is -2.21. The number of aryl methyl sites for hydroxylation is 1. The second-order valence-electron chi connectivity index (χ2n) is 4.26. The molecule has 0 amide bonds. The summed E-state index contributed by atoms with van der Waals surface area (Å²) in [5.41, 5.74) is 0.846. The SMILES string of the molecule is Cc1nc(COCC(F)(F)F)sc1CNC(C)C. The van der Waals surface area contributed by atoms with E-state index in [0.29, 0.717) is 17.6 Å². The average Bonchev–Trinajstić information content (AvgIpc) is 2.54.